The van der Waals surface area contributed by atoms with Crippen molar-refractivity contribution < 1.29 is 4.42 Å². The summed E-state index contributed by atoms with van der Waals surface area (Å²) >= 11 is 0. The van der Waals surface area contributed by atoms with E-state index in [1.807, 2.05) is 6.07 Å². The largest absolute Gasteiger partial charge is 0.455 e. The molecule has 0 saturated heterocycles. The van der Waals surface area contributed by atoms with Crippen molar-refractivity contribution in [3.63, 3.8) is 0 Å². The van der Waals surface area contributed by atoms with E-state index in [0.29, 0.717) is 0 Å². The van der Waals surface area contributed by atoms with Gasteiger partial charge in [-0.15, -0.1) is 0 Å². The molecule has 0 fully saturated rings. The van der Waals surface area contributed by atoms with Crippen LogP contribution in [0.2, 0.25) is 0 Å². The number of hydrogen-bond acceptors (Lipinski definition) is 2. The molecule has 6 rings (SSSR count). The second-order valence-electron chi connectivity index (χ2n) is 7.16. The van der Waals surface area contributed by atoms with Crippen LogP contribution in [0, 0.1) is 0 Å². The molecule has 0 radical (unpaired) electrons. The Morgan fingerprint density at radius 2 is 1.21 bits per heavy atom. The summed E-state index contributed by atoms with van der Waals surface area (Å²) in [5.41, 5.74) is 4.00. The van der Waals surface area contributed by atoms with E-state index in [-0.39, 0.29) is 0 Å². The van der Waals surface area contributed by atoms with Gasteiger partial charge in [-0.05, 0) is 52.6 Å². The normalized spacial score (nSPS) is 11.6. The van der Waals surface area contributed by atoms with E-state index in [9.17, 15) is 0 Å². The zero-order chi connectivity index (χ0) is 18.5. The van der Waals surface area contributed by atoms with Crippen LogP contribution in [0.25, 0.3) is 43.5 Å². The van der Waals surface area contributed by atoms with Crippen LogP contribution < -0.4 is 5.32 Å². The van der Waals surface area contributed by atoms with Crippen LogP contribution in [-0.2, 0) is 0 Å². The first-order chi connectivity index (χ1) is 13.8. The van der Waals surface area contributed by atoms with Gasteiger partial charge < -0.3 is 9.73 Å². The smallest absolute Gasteiger partial charge is 0.143 e. The minimum atomic E-state index is 0.912. The van der Waals surface area contributed by atoms with Crippen molar-refractivity contribution in [2.75, 3.05) is 5.32 Å². The number of hydrogen-bond donors (Lipinski definition) is 1. The molecule has 5 aromatic carbocycles. The monoisotopic (exact) mass is 359 g/mol. The van der Waals surface area contributed by atoms with Crippen LogP contribution in [-0.4, -0.2) is 0 Å². The second kappa shape index (κ2) is 5.86. The predicted molar refractivity (Wildman–Crippen MR) is 118 cm³/mol. The zero-order valence-electron chi connectivity index (χ0n) is 15.1. The maximum Gasteiger partial charge on any atom is 0.143 e. The lowest BCUT2D eigenvalue weighted by atomic mass is 10.1. The van der Waals surface area contributed by atoms with E-state index in [4.69, 9.17) is 4.42 Å². The highest BCUT2D eigenvalue weighted by molar-refractivity contribution is 6.15. The van der Waals surface area contributed by atoms with Crippen molar-refractivity contribution >= 4 is 54.9 Å². The van der Waals surface area contributed by atoms with E-state index in [0.717, 1.165) is 38.7 Å². The molecule has 1 heterocycles. The van der Waals surface area contributed by atoms with Crippen LogP contribution in [0.1, 0.15) is 0 Å². The fourth-order valence-corrected chi connectivity index (χ4v) is 4.02. The Hall–Kier alpha value is -3.78. The lowest BCUT2D eigenvalue weighted by Gasteiger charge is -2.08. The quantitative estimate of drug-likeness (QED) is 0.344. The van der Waals surface area contributed by atoms with Crippen LogP contribution in [0.4, 0.5) is 11.4 Å². The topological polar surface area (TPSA) is 25.2 Å². The van der Waals surface area contributed by atoms with Crippen molar-refractivity contribution in [1.82, 2.24) is 0 Å². The Labute approximate surface area is 162 Å². The van der Waals surface area contributed by atoms with Gasteiger partial charge in [-0.25, -0.2) is 0 Å². The van der Waals surface area contributed by atoms with Gasteiger partial charge in [0.05, 0.1) is 0 Å². The molecule has 2 nitrogen and oxygen atoms in total. The lowest BCUT2D eigenvalue weighted by molar-refractivity contribution is 0.672. The van der Waals surface area contributed by atoms with Crippen LogP contribution in [0.3, 0.4) is 0 Å². The Morgan fingerprint density at radius 3 is 2.14 bits per heavy atom. The molecule has 0 unspecified atom stereocenters. The molecule has 0 amide bonds. The minimum absolute atomic E-state index is 0.912. The molecular formula is C26H17NO. The molecule has 0 aliphatic heterocycles. The second-order valence-corrected chi connectivity index (χ2v) is 7.16. The molecular weight excluding hydrogens is 342 g/mol. The zero-order valence-corrected chi connectivity index (χ0v) is 15.1. The Bertz CT molecular complexity index is 1490. The van der Waals surface area contributed by atoms with Gasteiger partial charge in [0.2, 0.25) is 0 Å². The fraction of sp³-hybridized carbons (Fsp3) is 0. The van der Waals surface area contributed by atoms with Crippen LogP contribution in [0.5, 0.6) is 0 Å². The van der Waals surface area contributed by atoms with Gasteiger partial charge in [0.15, 0.2) is 0 Å². The number of rotatable bonds is 2. The highest BCUT2D eigenvalue weighted by Crippen LogP contribution is 2.35. The molecule has 2 heteroatoms. The number of anilines is 2. The number of furan rings is 1. The van der Waals surface area contributed by atoms with E-state index in [2.05, 4.69) is 96.3 Å². The van der Waals surface area contributed by atoms with Crippen LogP contribution >= 0.6 is 0 Å². The number of fused-ring (bicyclic) bond motifs is 6. The first-order valence-corrected chi connectivity index (χ1v) is 9.45. The standard InChI is InChI=1S/C26H17NO/c1-2-7-19-15-20(11-9-17(19)5-1)27-21-12-14-25-24(16-21)23-13-10-18-6-3-4-8-22(18)26(23)28-25/h1-16,27H. The van der Waals surface area contributed by atoms with Crippen molar-refractivity contribution in [3.05, 3.63) is 97.1 Å². The SMILES string of the molecule is c1ccc2cc(Nc3ccc4oc5c6ccccc6ccc5c4c3)ccc2c1. The van der Waals surface area contributed by atoms with Crippen molar-refractivity contribution in [2.45, 2.75) is 0 Å². The molecule has 0 saturated carbocycles. The third kappa shape index (κ3) is 2.35. The molecule has 0 spiro atoms. The number of benzene rings is 5. The predicted octanol–water partition coefficient (Wildman–Crippen LogP) is 7.64. The summed E-state index contributed by atoms with van der Waals surface area (Å²) in [6.45, 7) is 0. The summed E-state index contributed by atoms with van der Waals surface area (Å²) in [6.07, 6.45) is 0. The van der Waals surface area contributed by atoms with Crippen LogP contribution in [0.15, 0.2) is 101 Å². The lowest BCUT2D eigenvalue weighted by Crippen LogP contribution is -1.89. The fourth-order valence-electron chi connectivity index (χ4n) is 4.02. The molecule has 0 atom stereocenters. The van der Waals surface area contributed by atoms with E-state index in [1.165, 1.54) is 16.2 Å². The van der Waals surface area contributed by atoms with Gasteiger partial charge >= 0.3 is 0 Å². The third-order valence-electron chi connectivity index (χ3n) is 5.40. The summed E-state index contributed by atoms with van der Waals surface area (Å²) in [5, 5.41) is 10.6. The molecule has 28 heavy (non-hydrogen) atoms. The molecule has 0 bridgehead atoms. The van der Waals surface area contributed by atoms with Crippen molar-refractivity contribution in [3.8, 4) is 0 Å². The molecule has 1 N–H and O–H groups in total. The molecule has 132 valence electrons. The van der Waals surface area contributed by atoms with Gasteiger partial charge in [0.25, 0.3) is 0 Å². The summed E-state index contributed by atoms with van der Waals surface area (Å²) in [6, 6.07) is 33.8. The van der Waals surface area contributed by atoms with Gasteiger partial charge in [-0.3, -0.25) is 0 Å². The summed E-state index contributed by atoms with van der Waals surface area (Å²) in [7, 11) is 0. The molecule has 1 aromatic heterocycles. The Morgan fingerprint density at radius 1 is 0.500 bits per heavy atom. The highest BCUT2D eigenvalue weighted by atomic mass is 16.3. The van der Waals surface area contributed by atoms with Gasteiger partial charge in [-0.1, -0.05) is 60.7 Å². The summed E-state index contributed by atoms with van der Waals surface area (Å²) in [5.74, 6) is 0. The highest BCUT2D eigenvalue weighted by Gasteiger charge is 2.10. The maximum absolute atomic E-state index is 6.20. The third-order valence-corrected chi connectivity index (χ3v) is 5.40. The van der Waals surface area contributed by atoms with Crippen molar-refractivity contribution in [1.29, 1.82) is 0 Å². The van der Waals surface area contributed by atoms with E-state index < -0.39 is 0 Å². The summed E-state index contributed by atoms with van der Waals surface area (Å²) in [4.78, 5) is 0. The molecule has 6 aromatic rings. The Balaban J connectivity index is 1.48. The average molecular weight is 359 g/mol. The minimum Gasteiger partial charge on any atom is -0.455 e. The van der Waals surface area contributed by atoms with Gasteiger partial charge in [0, 0.05) is 27.5 Å². The molecule has 0 aliphatic rings. The van der Waals surface area contributed by atoms with E-state index in [1.54, 1.807) is 0 Å². The molecule has 0 aliphatic carbocycles. The average Bonchev–Trinajstić information content (AvgIpc) is 3.12. The van der Waals surface area contributed by atoms with Gasteiger partial charge in [-0.2, -0.15) is 0 Å². The maximum atomic E-state index is 6.20. The first kappa shape index (κ1) is 15.3. The van der Waals surface area contributed by atoms with Crippen molar-refractivity contribution in [2.24, 2.45) is 0 Å². The Kier molecular flexibility index (Phi) is 3.20. The number of nitrogens with one attached hydrogen (secondary N) is 1. The van der Waals surface area contributed by atoms with Gasteiger partial charge in [0.1, 0.15) is 11.2 Å². The van der Waals surface area contributed by atoms with E-state index >= 15 is 0 Å². The summed E-state index contributed by atoms with van der Waals surface area (Å²) < 4.78 is 6.20. The first-order valence-electron chi connectivity index (χ1n) is 9.45.